The zero-order valence-electron chi connectivity index (χ0n) is 10.8. The number of nitrogens with one attached hydrogen (secondary N) is 2. The van der Waals surface area contributed by atoms with E-state index in [1.165, 1.54) is 4.90 Å². The van der Waals surface area contributed by atoms with Crippen LogP contribution in [0, 0.1) is 5.92 Å². The van der Waals surface area contributed by atoms with Crippen LogP contribution in [0.5, 0.6) is 0 Å². The third-order valence-electron chi connectivity index (χ3n) is 2.98. The number of piperidine rings is 1. The molecule has 0 aromatic heterocycles. The summed E-state index contributed by atoms with van der Waals surface area (Å²) in [6.07, 6.45) is 2.87. The summed E-state index contributed by atoms with van der Waals surface area (Å²) >= 11 is 0. The molecule has 1 atom stereocenters. The molecule has 5 nitrogen and oxygen atoms in total. The Bertz CT molecular complexity index is 262. The van der Waals surface area contributed by atoms with Gasteiger partial charge in [-0.1, -0.05) is 6.92 Å². The Balaban J connectivity index is 2.32. The van der Waals surface area contributed by atoms with Crippen molar-refractivity contribution < 1.29 is 9.59 Å². The Morgan fingerprint density at radius 3 is 2.82 bits per heavy atom. The van der Waals surface area contributed by atoms with E-state index in [1.807, 2.05) is 6.92 Å². The van der Waals surface area contributed by atoms with Gasteiger partial charge in [-0.25, -0.2) is 0 Å². The average molecular weight is 241 g/mol. The fourth-order valence-electron chi connectivity index (χ4n) is 1.99. The highest BCUT2D eigenvalue weighted by atomic mass is 16.2. The van der Waals surface area contributed by atoms with E-state index in [1.54, 1.807) is 7.05 Å². The monoisotopic (exact) mass is 241 g/mol. The number of carbonyl (C=O) groups excluding carboxylic acids is 2. The smallest absolute Gasteiger partial charge is 0.239 e. The van der Waals surface area contributed by atoms with Crippen molar-refractivity contribution in [3.8, 4) is 0 Å². The zero-order chi connectivity index (χ0) is 12.7. The third-order valence-corrected chi connectivity index (χ3v) is 2.98. The lowest BCUT2D eigenvalue weighted by Gasteiger charge is -2.26. The molecule has 1 fully saturated rings. The van der Waals surface area contributed by atoms with Crippen molar-refractivity contribution in [1.29, 1.82) is 0 Å². The van der Waals surface area contributed by atoms with E-state index in [4.69, 9.17) is 0 Å². The van der Waals surface area contributed by atoms with Crippen molar-refractivity contribution in [1.82, 2.24) is 15.5 Å². The molecular weight excluding hydrogens is 218 g/mol. The fourth-order valence-corrected chi connectivity index (χ4v) is 1.99. The highest BCUT2D eigenvalue weighted by molar-refractivity contribution is 5.85. The molecule has 2 amide bonds. The second-order valence-electron chi connectivity index (χ2n) is 4.59. The van der Waals surface area contributed by atoms with Crippen LogP contribution in [0.2, 0.25) is 0 Å². The second kappa shape index (κ2) is 7.27. The molecule has 0 spiro atoms. The molecule has 1 aliphatic rings. The Morgan fingerprint density at radius 2 is 2.24 bits per heavy atom. The number of nitrogens with zero attached hydrogens (tertiary/aromatic N) is 1. The van der Waals surface area contributed by atoms with Gasteiger partial charge in [-0.3, -0.25) is 9.59 Å². The summed E-state index contributed by atoms with van der Waals surface area (Å²) in [5, 5.41) is 5.98. The molecule has 1 rings (SSSR count). The molecule has 17 heavy (non-hydrogen) atoms. The van der Waals surface area contributed by atoms with Crippen molar-refractivity contribution in [2.45, 2.75) is 26.2 Å². The molecule has 2 N–H and O–H groups in total. The number of hydrogen-bond acceptors (Lipinski definition) is 3. The van der Waals surface area contributed by atoms with Crippen LogP contribution in [0.25, 0.3) is 0 Å². The summed E-state index contributed by atoms with van der Waals surface area (Å²) in [4.78, 5) is 25.0. The normalized spacial score (nSPS) is 19.8. The lowest BCUT2D eigenvalue weighted by molar-refractivity contribution is -0.138. The van der Waals surface area contributed by atoms with Gasteiger partial charge in [0, 0.05) is 20.1 Å². The van der Waals surface area contributed by atoms with Crippen LogP contribution in [0.15, 0.2) is 0 Å². The van der Waals surface area contributed by atoms with Crippen LogP contribution < -0.4 is 10.6 Å². The zero-order valence-corrected chi connectivity index (χ0v) is 10.8. The largest absolute Gasteiger partial charge is 0.355 e. The molecule has 0 unspecified atom stereocenters. The SMILES string of the molecule is CCCNC(=O)CN(C)C(=O)[C@H]1CCCNC1. The van der Waals surface area contributed by atoms with Crippen molar-refractivity contribution in [3.63, 3.8) is 0 Å². The Labute approximate surface area is 103 Å². The Morgan fingerprint density at radius 1 is 1.47 bits per heavy atom. The van der Waals surface area contributed by atoms with Gasteiger partial charge >= 0.3 is 0 Å². The van der Waals surface area contributed by atoms with E-state index in [2.05, 4.69) is 10.6 Å². The minimum Gasteiger partial charge on any atom is -0.355 e. The molecule has 1 saturated heterocycles. The first-order chi connectivity index (χ1) is 8.15. The molecule has 0 aliphatic carbocycles. The van der Waals surface area contributed by atoms with E-state index < -0.39 is 0 Å². The van der Waals surface area contributed by atoms with E-state index in [-0.39, 0.29) is 24.3 Å². The molecule has 5 heteroatoms. The predicted octanol–water partition coefficient (Wildman–Crippen LogP) is -0.0294. The molecule has 98 valence electrons. The summed E-state index contributed by atoms with van der Waals surface area (Å²) in [5.41, 5.74) is 0. The summed E-state index contributed by atoms with van der Waals surface area (Å²) in [6, 6.07) is 0. The van der Waals surface area contributed by atoms with Gasteiger partial charge in [0.1, 0.15) is 0 Å². The quantitative estimate of drug-likeness (QED) is 0.710. The van der Waals surface area contributed by atoms with Gasteiger partial charge in [0.25, 0.3) is 0 Å². The van der Waals surface area contributed by atoms with Crippen LogP contribution in [0.4, 0.5) is 0 Å². The fraction of sp³-hybridized carbons (Fsp3) is 0.833. The first kappa shape index (κ1) is 14.0. The van der Waals surface area contributed by atoms with E-state index in [0.717, 1.165) is 32.4 Å². The van der Waals surface area contributed by atoms with Crippen molar-refractivity contribution in [3.05, 3.63) is 0 Å². The van der Waals surface area contributed by atoms with E-state index in [0.29, 0.717) is 6.54 Å². The van der Waals surface area contributed by atoms with Gasteiger partial charge in [-0.05, 0) is 25.8 Å². The van der Waals surface area contributed by atoms with Gasteiger partial charge < -0.3 is 15.5 Å². The van der Waals surface area contributed by atoms with E-state index in [9.17, 15) is 9.59 Å². The minimum absolute atomic E-state index is 0.0349. The minimum atomic E-state index is -0.0773. The molecule has 0 aromatic carbocycles. The lowest BCUT2D eigenvalue weighted by atomic mass is 9.98. The number of rotatable bonds is 5. The second-order valence-corrected chi connectivity index (χ2v) is 4.59. The topological polar surface area (TPSA) is 61.4 Å². The molecule has 0 radical (unpaired) electrons. The van der Waals surface area contributed by atoms with Crippen LogP contribution in [0.3, 0.4) is 0 Å². The van der Waals surface area contributed by atoms with Crippen LogP contribution in [-0.4, -0.2) is 49.9 Å². The van der Waals surface area contributed by atoms with Gasteiger partial charge in [0.05, 0.1) is 12.5 Å². The van der Waals surface area contributed by atoms with Crippen LogP contribution in [-0.2, 0) is 9.59 Å². The predicted molar refractivity (Wildman–Crippen MR) is 66.5 cm³/mol. The summed E-state index contributed by atoms with van der Waals surface area (Å²) in [7, 11) is 1.70. The first-order valence-corrected chi connectivity index (χ1v) is 6.37. The summed E-state index contributed by atoms with van der Waals surface area (Å²) in [5.74, 6) is 0.0306. The molecule has 0 saturated carbocycles. The highest BCUT2D eigenvalue weighted by Gasteiger charge is 2.24. The molecule has 0 aromatic rings. The number of likely N-dealkylation sites (N-methyl/N-ethyl adjacent to an activating group) is 1. The van der Waals surface area contributed by atoms with Crippen molar-refractivity contribution in [2.75, 3.05) is 33.2 Å². The van der Waals surface area contributed by atoms with Gasteiger partial charge in [0.15, 0.2) is 0 Å². The van der Waals surface area contributed by atoms with Crippen molar-refractivity contribution in [2.24, 2.45) is 5.92 Å². The number of carbonyl (C=O) groups is 2. The number of hydrogen-bond donors (Lipinski definition) is 2. The average Bonchev–Trinajstić information content (AvgIpc) is 2.36. The maximum absolute atomic E-state index is 12.0. The van der Waals surface area contributed by atoms with Gasteiger partial charge in [-0.15, -0.1) is 0 Å². The van der Waals surface area contributed by atoms with Crippen LogP contribution >= 0.6 is 0 Å². The van der Waals surface area contributed by atoms with Gasteiger partial charge in [0.2, 0.25) is 11.8 Å². The maximum Gasteiger partial charge on any atom is 0.239 e. The standard InChI is InChI=1S/C12H23N3O2/c1-3-6-14-11(16)9-15(2)12(17)10-5-4-7-13-8-10/h10,13H,3-9H2,1-2H3,(H,14,16)/t10-/m0/s1. The third kappa shape index (κ3) is 4.73. The Hall–Kier alpha value is -1.10. The first-order valence-electron chi connectivity index (χ1n) is 6.37. The van der Waals surface area contributed by atoms with E-state index >= 15 is 0 Å². The number of amides is 2. The molecule has 1 aliphatic heterocycles. The molecular formula is C12H23N3O2. The molecule has 1 heterocycles. The lowest BCUT2D eigenvalue weighted by Crippen LogP contribution is -2.45. The maximum atomic E-state index is 12.0. The van der Waals surface area contributed by atoms with Crippen molar-refractivity contribution >= 4 is 11.8 Å². The Kier molecular flexibility index (Phi) is 5.97. The molecule has 0 bridgehead atoms. The summed E-state index contributed by atoms with van der Waals surface area (Å²) < 4.78 is 0. The van der Waals surface area contributed by atoms with Crippen LogP contribution in [0.1, 0.15) is 26.2 Å². The highest BCUT2D eigenvalue weighted by Crippen LogP contribution is 2.12. The van der Waals surface area contributed by atoms with Gasteiger partial charge in [-0.2, -0.15) is 0 Å². The summed E-state index contributed by atoms with van der Waals surface area (Å²) in [6.45, 7) is 4.56.